The third kappa shape index (κ3) is 2.76. The number of hydrogen-bond acceptors (Lipinski definition) is 3. The molecule has 92 valence electrons. The van der Waals surface area contributed by atoms with Gasteiger partial charge in [0.05, 0.1) is 4.92 Å². The van der Waals surface area contributed by atoms with Crippen LogP contribution >= 0.6 is 11.6 Å². The molecule has 0 aliphatic heterocycles. The number of hydrogen-bond donors (Lipinski definition) is 1. The van der Waals surface area contributed by atoms with Crippen molar-refractivity contribution < 1.29 is 4.92 Å². The second-order valence-corrected chi connectivity index (χ2v) is 5.59. The maximum Gasteiger partial charge on any atom is 0.275 e. The van der Waals surface area contributed by atoms with Crippen LogP contribution in [-0.2, 0) is 6.54 Å². The molecule has 5 heteroatoms. The minimum Gasteiger partial charge on any atom is -0.309 e. The molecule has 4 nitrogen and oxygen atoms in total. The lowest BCUT2D eigenvalue weighted by Crippen LogP contribution is -2.20. The van der Waals surface area contributed by atoms with E-state index in [9.17, 15) is 10.1 Å². The van der Waals surface area contributed by atoms with Gasteiger partial charge in [0.1, 0.15) is 0 Å². The van der Waals surface area contributed by atoms with Crippen LogP contribution in [0.4, 0.5) is 5.69 Å². The van der Waals surface area contributed by atoms with Gasteiger partial charge < -0.3 is 5.32 Å². The topological polar surface area (TPSA) is 55.2 Å². The van der Waals surface area contributed by atoms with Gasteiger partial charge in [0, 0.05) is 29.2 Å². The van der Waals surface area contributed by atoms with Gasteiger partial charge in [0.2, 0.25) is 0 Å². The van der Waals surface area contributed by atoms with Crippen molar-refractivity contribution in [1.29, 1.82) is 0 Å². The molecule has 1 atom stereocenters. The summed E-state index contributed by atoms with van der Waals surface area (Å²) in [6.45, 7) is 4.88. The van der Waals surface area contributed by atoms with Crippen LogP contribution in [0.5, 0.6) is 0 Å². The van der Waals surface area contributed by atoms with Gasteiger partial charge in [-0.1, -0.05) is 25.4 Å². The van der Waals surface area contributed by atoms with Gasteiger partial charge in [-0.15, -0.1) is 0 Å². The molecule has 1 aromatic rings. The Morgan fingerprint density at radius 3 is 2.76 bits per heavy atom. The fourth-order valence-corrected chi connectivity index (χ4v) is 2.07. The molecule has 1 aliphatic carbocycles. The lowest BCUT2D eigenvalue weighted by molar-refractivity contribution is -0.385. The van der Waals surface area contributed by atoms with Gasteiger partial charge in [0.25, 0.3) is 5.69 Å². The highest BCUT2D eigenvalue weighted by atomic mass is 35.5. The first-order valence-corrected chi connectivity index (χ1v) is 5.94. The Balaban J connectivity index is 2.08. The molecule has 0 heterocycles. The van der Waals surface area contributed by atoms with E-state index >= 15 is 0 Å². The summed E-state index contributed by atoms with van der Waals surface area (Å²) in [4.78, 5) is 10.5. The molecule has 17 heavy (non-hydrogen) atoms. The Morgan fingerprint density at radius 1 is 1.59 bits per heavy atom. The van der Waals surface area contributed by atoms with E-state index in [1.165, 1.54) is 6.07 Å². The molecular formula is C12H15ClN2O2. The maximum atomic E-state index is 10.9. The van der Waals surface area contributed by atoms with Crippen LogP contribution in [0.2, 0.25) is 5.02 Å². The molecule has 1 fully saturated rings. The number of rotatable bonds is 4. The average molecular weight is 255 g/mol. The predicted molar refractivity (Wildman–Crippen MR) is 67.1 cm³/mol. The van der Waals surface area contributed by atoms with Crippen LogP contribution in [0.25, 0.3) is 0 Å². The van der Waals surface area contributed by atoms with Crippen LogP contribution in [0.1, 0.15) is 25.8 Å². The van der Waals surface area contributed by atoms with Gasteiger partial charge >= 0.3 is 0 Å². The van der Waals surface area contributed by atoms with Crippen molar-refractivity contribution in [2.45, 2.75) is 32.9 Å². The van der Waals surface area contributed by atoms with E-state index in [0.29, 0.717) is 28.6 Å². The molecule has 0 saturated heterocycles. The van der Waals surface area contributed by atoms with Crippen molar-refractivity contribution in [1.82, 2.24) is 5.32 Å². The zero-order valence-electron chi connectivity index (χ0n) is 9.87. The Hall–Kier alpha value is -1.13. The third-order valence-electron chi connectivity index (χ3n) is 3.30. The number of nitrogens with zero attached hydrogens (tertiary/aromatic N) is 1. The van der Waals surface area contributed by atoms with Crippen LogP contribution in [0.15, 0.2) is 18.2 Å². The monoisotopic (exact) mass is 254 g/mol. The minimum atomic E-state index is -0.388. The first kappa shape index (κ1) is 12.3. The van der Waals surface area contributed by atoms with Crippen LogP contribution in [0, 0.1) is 15.5 Å². The molecule has 2 rings (SSSR count). The SMILES string of the molecule is CC1(C)CC1NCc1ccc(Cl)cc1[N+](=O)[O-]. The van der Waals surface area contributed by atoms with Gasteiger partial charge in [-0.3, -0.25) is 10.1 Å². The highest BCUT2D eigenvalue weighted by Gasteiger charge is 2.45. The Bertz CT molecular complexity index is 460. The number of benzene rings is 1. The largest absolute Gasteiger partial charge is 0.309 e. The smallest absolute Gasteiger partial charge is 0.275 e. The molecule has 0 amide bonds. The summed E-state index contributed by atoms with van der Waals surface area (Å²) in [6.07, 6.45) is 1.12. The fraction of sp³-hybridized carbons (Fsp3) is 0.500. The Labute approximate surface area is 105 Å². The predicted octanol–water partition coefficient (Wildman–Crippen LogP) is 3.14. The normalized spacial score (nSPS) is 21.2. The molecular weight excluding hydrogens is 240 g/mol. The molecule has 1 aromatic carbocycles. The molecule has 1 unspecified atom stereocenters. The first-order valence-electron chi connectivity index (χ1n) is 5.56. The van der Waals surface area contributed by atoms with E-state index in [2.05, 4.69) is 19.2 Å². The zero-order chi connectivity index (χ0) is 12.6. The summed E-state index contributed by atoms with van der Waals surface area (Å²) >= 11 is 5.76. The number of nitrogens with one attached hydrogen (secondary N) is 1. The van der Waals surface area contributed by atoms with E-state index in [0.717, 1.165) is 6.42 Å². The lowest BCUT2D eigenvalue weighted by Gasteiger charge is -2.07. The van der Waals surface area contributed by atoms with Crippen molar-refractivity contribution in [3.8, 4) is 0 Å². The maximum absolute atomic E-state index is 10.9. The minimum absolute atomic E-state index is 0.0865. The summed E-state index contributed by atoms with van der Waals surface area (Å²) in [5.74, 6) is 0. The third-order valence-corrected chi connectivity index (χ3v) is 3.53. The molecule has 1 aliphatic rings. The Morgan fingerprint density at radius 2 is 2.24 bits per heavy atom. The van der Waals surface area contributed by atoms with Crippen molar-refractivity contribution >= 4 is 17.3 Å². The highest BCUT2D eigenvalue weighted by Crippen LogP contribution is 2.44. The van der Waals surface area contributed by atoms with Crippen LogP contribution in [-0.4, -0.2) is 11.0 Å². The van der Waals surface area contributed by atoms with E-state index in [1.54, 1.807) is 12.1 Å². The quantitative estimate of drug-likeness (QED) is 0.663. The van der Waals surface area contributed by atoms with Gasteiger partial charge in [-0.25, -0.2) is 0 Å². The molecule has 1 saturated carbocycles. The van der Waals surface area contributed by atoms with E-state index in [-0.39, 0.29) is 10.6 Å². The summed E-state index contributed by atoms with van der Waals surface area (Å²) in [6, 6.07) is 5.25. The van der Waals surface area contributed by atoms with E-state index < -0.39 is 0 Å². The molecule has 0 radical (unpaired) electrons. The molecule has 0 aromatic heterocycles. The lowest BCUT2D eigenvalue weighted by atomic mass is 10.1. The van der Waals surface area contributed by atoms with Crippen LogP contribution in [0.3, 0.4) is 0 Å². The molecule has 0 bridgehead atoms. The van der Waals surface area contributed by atoms with Crippen molar-refractivity contribution in [2.75, 3.05) is 0 Å². The zero-order valence-corrected chi connectivity index (χ0v) is 10.6. The average Bonchev–Trinajstić information content (AvgIpc) is 2.84. The summed E-state index contributed by atoms with van der Waals surface area (Å²) < 4.78 is 0. The van der Waals surface area contributed by atoms with Crippen LogP contribution < -0.4 is 5.32 Å². The van der Waals surface area contributed by atoms with E-state index in [4.69, 9.17) is 11.6 Å². The van der Waals surface area contributed by atoms with Crippen molar-refractivity contribution in [2.24, 2.45) is 5.41 Å². The number of halogens is 1. The first-order chi connectivity index (χ1) is 7.90. The molecule has 1 N–H and O–H groups in total. The second-order valence-electron chi connectivity index (χ2n) is 5.16. The van der Waals surface area contributed by atoms with Crippen molar-refractivity contribution in [3.05, 3.63) is 38.9 Å². The highest BCUT2D eigenvalue weighted by molar-refractivity contribution is 6.30. The summed E-state index contributed by atoms with van der Waals surface area (Å²) in [5, 5.41) is 14.6. The van der Waals surface area contributed by atoms with Gasteiger partial charge in [-0.05, 0) is 24.0 Å². The second kappa shape index (κ2) is 4.27. The Kier molecular flexibility index (Phi) is 3.10. The van der Waals surface area contributed by atoms with Crippen molar-refractivity contribution in [3.63, 3.8) is 0 Å². The fourth-order valence-electron chi connectivity index (χ4n) is 1.91. The number of nitro groups is 1. The molecule has 0 spiro atoms. The van der Waals surface area contributed by atoms with Gasteiger partial charge in [-0.2, -0.15) is 0 Å². The summed E-state index contributed by atoms with van der Waals surface area (Å²) in [7, 11) is 0. The number of nitro benzene ring substituents is 1. The van der Waals surface area contributed by atoms with Gasteiger partial charge in [0.15, 0.2) is 0 Å². The summed E-state index contributed by atoms with van der Waals surface area (Å²) in [5.41, 5.74) is 1.09. The standard InChI is InChI=1S/C12H15ClN2O2/c1-12(2)6-11(12)14-7-8-3-4-9(13)5-10(8)15(16)17/h3-5,11,14H,6-7H2,1-2H3. The van der Waals surface area contributed by atoms with E-state index in [1.807, 2.05) is 0 Å².